The zero-order chi connectivity index (χ0) is 25.5. The van der Waals surface area contributed by atoms with Crippen LogP contribution in [0.3, 0.4) is 0 Å². The van der Waals surface area contributed by atoms with Crippen LogP contribution >= 0.6 is 0 Å². The normalized spacial score (nSPS) is 11.3. The number of pyridine rings is 2. The third kappa shape index (κ3) is 3.86. The van der Waals surface area contributed by atoms with Crippen molar-refractivity contribution in [3.63, 3.8) is 0 Å². The number of aromatic nitrogens is 3. The summed E-state index contributed by atoms with van der Waals surface area (Å²) >= 11 is 0. The molecule has 0 aliphatic carbocycles. The van der Waals surface area contributed by atoms with Gasteiger partial charge in [0.2, 0.25) is 0 Å². The first-order chi connectivity index (χ1) is 18.7. The number of hydrogen-bond donors (Lipinski definition) is 0. The van der Waals surface area contributed by atoms with E-state index in [1.165, 1.54) is 21.8 Å². The van der Waals surface area contributed by atoms with Gasteiger partial charge in [-0.05, 0) is 36.4 Å². The molecule has 7 aromatic rings. The van der Waals surface area contributed by atoms with Gasteiger partial charge in [0.25, 0.3) is 0 Å². The third-order valence-corrected chi connectivity index (χ3v) is 7.24. The maximum Gasteiger partial charge on any atom is 0.0710 e. The summed E-state index contributed by atoms with van der Waals surface area (Å²) in [6, 6.07) is 46.4. The second-order valence-corrected chi connectivity index (χ2v) is 9.57. The van der Waals surface area contributed by atoms with E-state index in [1.54, 1.807) is 0 Å². The average Bonchev–Trinajstić information content (AvgIpc) is 3.28. The van der Waals surface area contributed by atoms with Crippen LogP contribution in [0, 0.1) is 0 Å². The van der Waals surface area contributed by atoms with E-state index in [0.29, 0.717) is 0 Å². The zero-order valence-corrected chi connectivity index (χ0v) is 21.0. The molecule has 0 saturated carbocycles. The molecule has 0 bridgehead atoms. The Morgan fingerprint density at radius 2 is 0.789 bits per heavy atom. The van der Waals surface area contributed by atoms with Crippen molar-refractivity contribution in [3.8, 4) is 45.0 Å². The highest BCUT2D eigenvalue weighted by Crippen LogP contribution is 2.34. The molecule has 0 amide bonds. The lowest BCUT2D eigenvalue weighted by molar-refractivity contribution is 1.01. The fourth-order valence-corrected chi connectivity index (χ4v) is 5.25. The molecule has 0 unspecified atom stereocenters. The van der Waals surface area contributed by atoms with Crippen molar-refractivity contribution in [1.29, 1.82) is 0 Å². The lowest BCUT2D eigenvalue weighted by Gasteiger charge is -2.07. The molecule has 0 radical (unpaired) electrons. The van der Waals surface area contributed by atoms with Gasteiger partial charge in [0.1, 0.15) is 0 Å². The summed E-state index contributed by atoms with van der Waals surface area (Å²) < 4.78 is 2.28. The molecule has 0 aliphatic rings. The quantitative estimate of drug-likeness (QED) is 0.248. The molecule has 0 atom stereocenters. The molecular formula is C35H25N3. The summed E-state index contributed by atoms with van der Waals surface area (Å²) in [6.07, 6.45) is 0. The molecule has 0 aliphatic heterocycles. The van der Waals surface area contributed by atoms with E-state index < -0.39 is 0 Å². The molecule has 0 spiro atoms. The maximum absolute atomic E-state index is 4.97. The van der Waals surface area contributed by atoms with Gasteiger partial charge >= 0.3 is 0 Å². The number of hydrogen-bond acceptors (Lipinski definition) is 2. The van der Waals surface area contributed by atoms with Crippen LogP contribution in [0.15, 0.2) is 133 Å². The third-order valence-electron chi connectivity index (χ3n) is 7.24. The molecular weight excluding hydrogens is 462 g/mol. The van der Waals surface area contributed by atoms with Gasteiger partial charge in [0.05, 0.1) is 22.8 Å². The number of benzene rings is 4. The van der Waals surface area contributed by atoms with Gasteiger partial charge < -0.3 is 4.57 Å². The molecule has 3 heterocycles. The number of nitrogens with zero attached hydrogens (tertiary/aromatic N) is 3. The molecule has 0 N–H and O–H groups in total. The van der Waals surface area contributed by atoms with E-state index >= 15 is 0 Å². The second-order valence-electron chi connectivity index (χ2n) is 9.57. The molecule has 7 rings (SSSR count). The average molecular weight is 488 g/mol. The highest BCUT2D eigenvalue weighted by Gasteiger charge is 2.13. The van der Waals surface area contributed by atoms with Crippen LogP contribution in [0.25, 0.3) is 66.8 Å². The largest absolute Gasteiger partial charge is 0.344 e. The summed E-state index contributed by atoms with van der Waals surface area (Å²) in [5.41, 5.74) is 10.7. The first kappa shape index (κ1) is 22.2. The topological polar surface area (TPSA) is 30.7 Å². The van der Waals surface area contributed by atoms with Crippen molar-refractivity contribution in [2.24, 2.45) is 7.05 Å². The van der Waals surface area contributed by atoms with Gasteiger partial charge in [-0.2, -0.15) is 0 Å². The van der Waals surface area contributed by atoms with E-state index in [4.69, 9.17) is 9.97 Å². The lowest BCUT2D eigenvalue weighted by atomic mass is 10.0. The molecule has 0 saturated heterocycles. The smallest absolute Gasteiger partial charge is 0.0710 e. The highest BCUT2D eigenvalue weighted by molar-refractivity contribution is 6.09. The van der Waals surface area contributed by atoms with Crippen molar-refractivity contribution in [2.75, 3.05) is 0 Å². The Labute approximate surface area is 221 Å². The highest BCUT2D eigenvalue weighted by atomic mass is 14.9. The van der Waals surface area contributed by atoms with Gasteiger partial charge in [0.15, 0.2) is 0 Å². The van der Waals surface area contributed by atoms with Gasteiger partial charge in [-0.25, -0.2) is 9.97 Å². The number of rotatable bonds is 4. The SMILES string of the molecule is Cn1c2cc(-c3cccc(-c4ccccc4)n3)ccc2c2ccc(-c3cccc(-c4ccccc4)n3)cc21. The number of aryl methyl sites for hydroxylation is 1. The Balaban J connectivity index is 1.30. The molecule has 3 heteroatoms. The molecule has 3 aromatic heterocycles. The van der Waals surface area contributed by atoms with E-state index in [2.05, 4.69) is 109 Å². The lowest BCUT2D eigenvalue weighted by Crippen LogP contribution is -1.91. The Kier molecular flexibility index (Phi) is 5.33. The molecule has 180 valence electrons. The molecule has 4 aromatic carbocycles. The maximum atomic E-state index is 4.97. The zero-order valence-electron chi connectivity index (χ0n) is 21.0. The van der Waals surface area contributed by atoms with Gasteiger partial charge in [-0.15, -0.1) is 0 Å². The minimum absolute atomic E-state index is 0.973. The fraction of sp³-hybridized carbons (Fsp3) is 0.0286. The van der Waals surface area contributed by atoms with Crippen LogP contribution in [0.5, 0.6) is 0 Å². The van der Waals surface area contributed by atoms with E-state index in [9.17, 15) is 0 Å². The van der Waals surface area contributed by atoms with Crippen LogP contribution in [-0.4, -0.2) is 14.5 Å². The minimum atomic E-state index is 0.973. The monoisotopic (exact) mass is 487 g/mol. The molecule has 0 fully saturated rings. The summed E-state index contributed by atoms with van der Waals surface area (Å²) in [5.74, 6) is 0. The van der Waals surface area contributed by atoms with E-state index in [-0.39, 0.29) is 0 Å². The second kappa shape index (κ2) is 9.13. The van der Waals surface area contributed by atoms with Gasteiger partial charge in [-0.1, -0.05) is 97.1 Å². The summed E-state index contributed by atoms with van der Waals surface area (Å²) in [6.45, 7) is 0. The van der Waals surface area contributed by atoms with Crippen LogP contribution in [0.4, 0.5) is 0 Å². The van der Waals surface area contributed by atoms with Crippen LogP contribution < -0.4 is 0 Å². The van der Waals surface area contributed by atoms with Crippen molar-refractivity contribution < 1.29 is 0 Å². The van der Waals surface area contributed by atoms with Crippen molar-refractivity contribution in [3.05, 3.63) is 133 Å². The van der Waals surface area contributed by atoms with Crippen LogP contribution in [-0.2, 0) is 7.05 Å². The minimum Gasteiger partial charge on any atom is -0.344 e. The summed E-state index contributed by atoms with van der Waals surface area (Å²) in [4.78, 5) is 9.95. The fourth-order valence-electron chi connectivity index (χ4n) is 5.25. The van der Waals surface area contributed by atoms with Crippen LogP contribution in [0.2, 0.25) is 0 Å². The Hall–Kier alpha value is -5.02. The van der Waals surface area contributed by atoms with Gasteiger partial charge in [-0.3, -0.25) is 0 Å². The summed E-state index contributed by atoms with van der Waals surface area (Å²) in [5, 5.41) is 2.48. The van der Waals surface area contributed by atoms with E-state index in [0.717, 1.165) is 45.0 Å². The Morgan fingerprint density at radius 3 is 1.21 bits per heavy atom. The van der Waals surface area contributed by atoms with Gasteiger partial charge in [0, 0.05) is 51.1 Å². The van der Waals surface area contributed by atoms with Crippen LogP contribution in [0.1, 0.15) is 0 Å². The van der Waals surface area contributed by atoms with Crippen molar-refractivity contribution in [1.82, 2.24) is 14.5 Å². The first-order valence-corrected chi connectivity index (χ1v) is 12.8. The molecule has 3 nitrogen and oxygen atoms in total. The van der Waals surface area contributed by atoms with Crippen molar-refractivity contribution in [2.45, 2.75) is 0 Å². The predicted molar refractivity (Wildman–Crippen MR) is 158 cm³/mol. The standard InChI is InChI=1S/C35H25N3/c1-38-34-22-26(32-16-8-14-30(36-32)24-10-4-2-5-11-24)18-20-28(34)29-21-19-27(23-35(29)38)33-17-9-15-31(37-33)25-12-6-3-7-13-25/h2-23H,1H3. The molecule has 38 heavy (non-hydrogen) atoms. The van der Waals surface area contributed by atoms with Crippen molar-refractivity contribution >= 4 is 21.8 Å². The Morgan fingerprint density at radius 1 is 0.395 bits per heavy atom. The van der Waals surface area contributed by atoms with E-state index in [1.807, 2.05) is 36.4 Å². The number of fused-ring (bicyclic) bond motifs is 3. The summed E-state index contributed by atoms with van der Waals surface area (Å²) in [7, 11) is 2.14. The Bertz CT molecular complexity index is 1780. The predicted octanol–water partition coefficient (Wildman–Crippen LogP) is 8.79. The first-order valence-electron chi connectivity index (χ1n) is 12.8.